The number of methoxy groups -OCH3 is 1. The second-order valence-corrected chi connectivity index (χ2v) is 7.02. The third-order valence-corrected chi connectivity index (χ3v) is 5.46. The standard InChI is InChI=1S/C18H26ClN3O3/c1-3-22-7-6-14(15(10-22)24-2)21-18(23)12-9-13(19)16(20)11-5-4-8-25-17(11)12/h9,14-15H,3-8,10,20H2,1-2H3,(H,21,23)/t14-,15+/m0/s1. The van der Waals surface area contributed by atoms with Crippen LogP contribution in [0.1, 0.15) is 35.7 Å². The molecule has 138 valence electrons. The summed E-state index contributed by atoms with van der Waals surface area (Å²) in [6, 6.07) is 1.58. The van der Waals surface area contributed by atoms with E-state index >= 15 is 0 Å². The molecular formula is C18H26ClN3O3. The van der Waals surface area contributed by atoms with Gasteiger partial charge in [0.1, 0.15) is 5.75 Å². The second-order valence-electron chi connectivity index (χ2n) is 6.62. The topological polar surface area (TPSA) is 76.8 Å². The van der Waals surface area contributed by atoms with Gasteiger partial charge in [-0.25, -0.2) is 0 Å². The van der Waals surface area contributed by atoms with Crippen LogP contribution < -0.4 is 15.8 Å². The van der Waals surface area contributed by atoms with Gasteiger partial charge in [0.25, 0.3) is 5.91 Å². The van der Waals surface area contributed by atoms with Crippen LogP contribution >= 0.6 is 11.6 Å². The van der Waals surface area contributed by atoms with Crippen molar-refractivity contribution in [3.63, 3.8) is 0 Å². The number of amides is 1. The van der Waals surface area contributed by atoms with Gasteiger partial charge >= 0.3 is 0 Å². The smallest absolute Gasteiger partial charge is 0.255 e. The number of nitrogens with one attached hydrogen (secondary N) is 1. The summed E-state index contributed by atoms with van der Waals surface area (Å²) < 4.78 is 11.3. The maximum Gasteiger partial charge on any atom is 0.255 e. The van der Waals surface area contributed by atoms with Gasteiger partial charge in [0.05, 0.1) is 35.0 Å². The predicted molar refractivity (Wildman–Crippen MR) is 98.5 cm³/mol. The highest BCUT2D eigenvalue weighted by atomic mass is 35.5. The van der Waals surface area contributed by atoms with Crippen LogP contribution in [0.15, 0.2) is 6.07 Å². The van der Waals surface area contributed by atoms with Gasteiger partial charge in [-0.2, -0.15) is 0 Å². The van der Waals surface area contributed by atoms with Crippen molar-refractivity contribution >= 4 is 23.2 Å². The van der Waals surface area contributed by atoms with Gasteiger partial charge in [-0.15, -0.1) is 0 Å². The predicted octanol–water partition coefficient (Wildman–Crippen LogP) is 2.09. The van der Waals surface area contributed by atoms with E-state index < -0.39 is 0 Å². The first kappa shape index (κ1) is 18.3. The van der Waals surface area contributed by atoms with Gasteiger partial charge in [0.15, 0.2) is 0 Å². The molecule has 3 rings (SSSR count). The van der Waals surface area contributed by atoms with Crippen LogP contribution in [0.4, 0.5) is 5.69 Å². The molecule has 0 radical (unpaired) electrons. The molecule has 25 heavy (non-hydrogen) atoms. The number of likely N-dealkylation sites (tertiary alicyclic amines) is 1. The number of hydrogen-bond donors (Lipinski definition) is 2. The third kappa shape index (κ3) is 3.71. The lowest BCUT2D eigenvalue weighted by Gasteiger charge is -2.37. The van der Waals surface area contributed by atoms with Crippen molar-refractivity contribution < 1.29 is 14.3 Å². The highest BCUT2D eigenvalue weighted by Crippen LogP contribution is 2.38. The average molecular weight is 368 g/mol. The number of fused-ring (bicyclic) bond motifs is 1. The number of hydrogen-bond acceptors (Lipinski definition) is 5. The van der Waals surface area contributed by atoms with E-state index in [0.29, 0.717) is 28.6 Å². The van der Waals surface area contributed by atoms with Crippen molar-refractivity contribution in [2.45, 2.75) is 38.3 Å². The highest BCUT2D eigenvalue weighted by molar-refractivity contribution is 6.33. The van der Waals surface area contributed by atoms with Crippen molar-refractivity contribution in [1.82, 2.24) is 10.2 Å². The van der Waals surface area contributed by atoms with E-state index in [4.69, 9.17) is 26.8 Å². The van der Waals surface area contributed by atoms with E-state index in [2.05, 4.69) is 17.1 Å². The van der Waals surface area contributed by atoms with Crippen molar-refractivity contribution in [3.05, 3.63) is 22.2 Å². The van der Waals surface area contributed by atoms with Crippen molar-refractivity contribution in [1.29, 1.82) is 0 Å². The lowest BCUT2D eigenvalue weighted by molar-refractivity contribution is 0.00800. The number of nitrogen functional groups attached to an aromatic ring is 1. The summed E-state index contributed by atoms with van der Waals surface area (Å²) >= 11 is 6.24. The molecule has 0 bridgehead atoms. The maximum absolute atomic E-state index is 12.9. The Morgan fingerprint density at radius 3 is 3.08 bits per heavy atom. The molecule has 1 aromatic carbocycles. The summed E-state index contributed by atoms with van der Waals surface area (Å²) in [6.45, 7) is 5.46. The molecule has 2 atom stereocenters. The lowest BCUT2D eigenvalue weighted by Crippen LogP contribution is -2.54. The number of nitrogens with two attached hydrogens (primary N) is 1. The van der Waals surface area contributed by atoms with Gasteiger partial charge in [0.2, 0.25) is 0 Å². The molecule has 1 fully saturated rings. The van der Waals surface area contributed by atoms with Crippen LogP contribution in [0.2, 0.25) is 5.02 Å². The Labute approximate surface area is 153 Å². The number of halogens is 1. The second kappa shape index (κ2) is 7.81. The Balaban J connectivity index is 1.81. The number of nitrogens with zero attached hydrogens (tertiary/aromatic N) is 1. The van der Waals surface area contributed by atoms with Gasteiger partial charge in [0, 0.05) is 25.8 Å². The Morgan fingerprint density at radius 1 is 1.56 bits per heavy atom. The number of benzene rings is 1. The molecule has 1 amide bonds. The summed E-state index contributed by atoms with van der Waals surface area (Å²) in [7, 11) is 1.69. The van der Waals surface area contributed by atoms with E-state index in [-0.39, 0.29) is 18.1 Å². The SMILES string of the molecule is CCN1CC[C@H](NC(=O)c2cc(Cl)c(N)c3c2OCCC3)[C@H](OC)C1. The molecular weight excluding hydrogens is 342 g/mol. The number of rotatable bonds is 4. The van der Waals surface area contributed by atoms with E-state index in [1.165, 1.54) is 0 Å². The molecule has 1 saturated heterocycles. The van der Waals surface area contributed by atoms with Crippen molar-refractivity contribution in [3.8, 4) is 5.75 Å². The minimum atomic E-state index is -0.183. The number of carbonyl (C=O) groups excluding carboxylic acids is 1. The first-order valence-corrected chi connectivity index (χ1v) is 9.22. The normalized spacial score (nSPS) is 23.6. The number of likely N-dealkylation sites (N-methyl/N-ethyl adjacent to an activating group) is 1. The van der Waals surface area contributed by atoms with Gasteiger partial charge < -0.3 is 25.4 Å². The van der Waals surface area contributed by atoms with Crippen LogP contribution in [0, 0.1) is 0 Å². The molecule has 6 nitrogen and oxygen atoms in total. The zero-order valence-corrected chi connectivity index (χ0v) is 15.6. The molecule has 0 saturated carbocycles. The summed E-state index contributed by atoms with van der Waals surface area (Å²) in [6.07, 6.45) is 2.47. The summed E-state index contributed by atoms with van der Waals surface area (Å²) in [5.41, 5.74) is 7.88. The zero-order valence-electron chi connectivity index (χ0n) is 14.8. The Morgan fingerprint density at radius 2 is 2.36 bits per heavy atom. The van der Waals surface area contributed by atoms with E-state index in [9.17, 15) is 4.79 Å². The monoisotopic (exact) mass is 367 g/mol. The molecule has 0 unspecified atom stereocenters. The maximum atomic E-state index is 12.9. The van der Waals surface area contributed by atoms with Crippen LogP contribution in [0.5, 0.6) is 5.75 Å². The number of piperidine rings is 1. The summed E-state index contributed by atoms with van der Waals surface area (Å²) in [5, 5.41) is 3.51. The highest BCUT2D eigenvalue weighted by Gasteiger charge is 2.31. The average Bonchev–Trinajstić information content (AvgIpc) is 2.64. The van der Waals surface area contributed by atoms with E-state index in [0.717, 1.165) is 44.5 Å². The molecule has 7 heteroatoms. The molecule has 3 N–H and O–H groups in total. The molecule has 0 spiro atoms. The first-order valence-electron chi connectivity index (χ1n) is 8.84. The minimum absolute atomic E-state index is 0.0290. The lowest BCUT2D eigenvalue weighted by atomic mass is 9.98. The number of anilines is 1. The van der Waals surface area contributed by atoms with Crippen LogP contribution in [-0.2, 0) is 11.2 Å². The van der Waals surface area contributed by atoms with Crippen LogP contribution in [-0.4, -0.2) is 56.3 Å². The molecule has 0 aromatic heterocycles. The number of ether oxygens (including phenoxy) is 2. The first-order chi connectivity index (χ1) is 12.0. The fraction of sp³-hybridized carbons (Fsp3) is 0.611. The molecule has 1 aromatic rings. The third-order valence-electron chi connectivity index (χ3n) is 5.14. The molecule has 2 aliphatic rings. The quantitative estimate of drug-likeness (QED) is 0.797. The van der Waals surface area contributed by atoms with Crippen molar-refractivity contribution in [2.75, 3.05) is 39.1 Å². The minimum Gasteiger partial charge on any atom is -0.492 e. The molecule has 0 aliphatic carbocycles. The Kier molecular flexibility index (Phi) is 5.71. The van der Waals surface area contributed by atoms with Crippen LogP contribution in [0.3, 0.4) is 0 Å². The zero-order chi connectivity index (χ0) is 18.0. The Hall–Kier alpha value is -1.50. The Bertz CT molecular complexity index is 653. The summed E-state index contributed by atoms with van der Waals surface area (Å²) in [4.78, 5) is 15.2. The van der Waals surface area contributed by atoms with Gasteiger partial charge in [-0.3, -0.25) is 4.79 Å². The van der Waals surface area contributed by atoms with Gasteiger partial charge in [-0.05, 0) is 31.9 Å². The number of carbonyl (C=O) groups is 1. The van der Waals surface area contributed by atoms with E-state index in [1.807, 2.05) is 0 Å². The molecule has 2 aliphatic heterocycles. The molecule has 2 heterocycles. The van der Waals surface area contributed by atoms with E-state index in [1.54, 1.807) is 13.2 Å². The fourth-order valence-corrected chi connectivity index (χ4v) is 3.84. The van der Waals surface area contributed by atoms with Gasteiger partial charge in [-0.1, -0.05) is 18.5 Å². The van der Waals surface area contributed by atoms with Crippen LogP contribution in [0.25, 0.3) is 0 Å². The largest absolute Gasteiger partial charge is 0.492 e. The fourth-order valence-electron chi connectivity index (χ4n) is 3.62. The summed E-state index contributed by atoms with van der Waals surface area (Å²) in [5.74, 6) is 0.391. The van der Waals surface area contributed by atoms with Crippen molar-refractivity contribution in [2.24, 2.45) is 0 Å².